The lowest BCUT2D eigenvalue weighted by Crippen LogP contribution is -2.12. The molecule has 0 radical (unpaired) electrons. The monoisotopic (exact) mass is 349 g/mol. The van der Waals surface area contributed by atoms with E-state index in [0.29, 0.717) is 0 Å². The summed E-state index contributed by atoms with van der Waals surface area (Å²) in [5, 5.41) is 9.20. The summed E-state index contributed by atoms with van der Waals surface area (Å²) in [4.78, 5) is 16.5. The van der Waals surface area contributed by atoms with E-state index in [4.69, 9.17) is 0 Å². The summed E-state index contributed by atoms with van der Waals surface area (Å²) in [6.45, 7) is 2.07. The SMILES string of the molecule is Cc1cccc(Nc2nc(-c3ccc(NC(=O)C4CC4)cc3)cs2)c1. The second-order valence-corrected chi connectivity index (χ2v) is 7.23. The van der Waals surface area contributed by atoms with Gasteiger partial charge < -0.3 is 10.6 Å². The van der Waals surface area contributed by atoms with Gasteiger partial charge in [-0.2, -0.15) is 0 Å². The average Bonchev–Trinajstić information content (AvgIpc) is 3.36. The quantitative estimate of drug-likeness (QED) is 0.665. The lowest BCUT2D eigenvalue weighted by atomic mass is 10.1. The van der Waals surface area contributed by atoms with E-state index in [9.17, 15) is 4.79 Å². The van der Waals surface area contributed by atoms with Crippen LogP contribution in [0.5, 0.6) is 0 Å². The first-order valence-corrected chi connectivity index (χ1v) is 9.26. The number of nitrogens with zero attached hydrogens (tertiary/aromatic N) is 1. The molecule has 25 heavy (non-hydrogen) atoms. The first kappa shape index (κ1) is 15.8. The lowest BCUT2D eigenvalue weighted by molar-refractivity contribution is -0.117. The van der Waals surface area contributed by atoms with Gasteiger partial charge in [-0.1, -0.05) is 24.3 Å². The highest BCUT2D eigenvalue weighted by molar-refractivity contribution is 7.14. The average molecular weight is 349 g/mol. The molecule has 2 N–H and O–H groups in total. The van der Waals surface area contributed by atoms with Crippen LogP contribution in [0.25, 0.3) is 11.3 Å². The van der Waals surface area contributed by atoms with Crippen molar-refractivity contribution in [3.63, 3.8) is 0 Å². The maximum Gasteiger partial charge on any atom is 0.227 e. The molecule has 3 aromatic rings. The number of aryl methyl sites for hydroxylation is 1. The van der Waals surface area contributed by atoms with Gasteiger partial charge in [0.2, 0.25) is 5.91 Å². The fraction of sp³-hybridized carbons (Fsp3) is 0.200. The smallest absolute Gasteiger partial charge is 0.227 e. The Labute approximate surface area is 150 Å². The van der Waals surface area contributed by atoms with E-state index >= 15 is 0 Å². The van der Waals surface area contributed by atoms with E-state index in [1.807, 2.05) is 41.8 Å². The van der Waals surface area contributed by atoms with Crippen LogP contribution >= 0.6 is 11.3 Å². The summed E-state index contributed by atoms with van der Waals surface area (Å²) < 4.78 is 0. The minimum absolute atomic E-state index is 0.131. The van der Waals surface area contributed by atoms with Crippen molar-refractivity contribution in [1.29, 1.82) is 0 Å². The molecule has 0 saturated heterocycles. The molecule has 1 amide bonds. The van der Waals surface area contributed by atoms with Crippen LogP contribution in [0.15, 0.2) is 53.9 Å². The third-order valence-electron chi connectivity index (χ3n) is 4.17. The minimum atomic E-state index is 0.131. The molecule has 0 unspecified atom stereocenters. The van der Waals surface area contributed by atoms with Gasteiger partial charge in [0.15, 0.2) is 5.13 Å². The van der Waals surface area contributed by atoms with Gasteiger partial charge in [-0.05, 0) is 49.6 Å². The molecule has 1 saturated carbocycles. The van der Waals surface area contributed by atoms with Crippen LogP contribution in [0.1, 0.15) is 18.4 Å². The maximum absolute atomic E-state index is 11.8. The number of carbonyl (C=O) groups excluding carboxylic acids is 1. The number of aromatic nitrogens is 1. The number of amides is 1. The summed E-state index contributed by atoms with van der Waals surface area (Å²) in [6, 6.07) is 16.1. The van der Waals surface area contributed by atoms with E-state index in [1.165, 1.54) is 5.56 Å². The summed E-state index contributed by atoms with van der Waals surface area (Å²) in [5.74, 6) is 0.347. The number of carbonyl (C=O) groups is 1. The number of thiazole rings is 1. The molecule has 1 aromatic heterocycles. The van der Waals surface area contributed by atoms with Crippen LogP contribution in [-0.2, 0) is 4.79 Å². The van der Waals surface area contributed by atoms with Crippen molar-refractivity contribution >= 4 is 33.8 Å². The van der Waals surface area contributed by atoms with Crippen LogP contribution in [0.3, 0.4) is 0 Å². The van der Waals surface area contributed by atoms with Crippen molar-refractivity contribution in [3.05, 3.63) is 59.5 Å². The minimum Gasteiger partial charge on any atom is -0.332 e. The Morgan fingerprint density at radius 3 is 2.64 bits per heavy atom. The molecule has 1 aliphatic carbocycles. The zero-order chi connectivity index (χ0) is 17.2. The molecule has 0 aliphatic heterocycles. The van der Waals surface area contributed by atoms with Crippen molar-refractivity contribution < 1.29 is 4.79 Å². The van der Waals surface area contributed by atoms with Crippen LogP contribution in [0, 0.1) is 12.8 Å². The van der Waals surface area contributed by atoms with Gasteiger partial charge in [-0.15, -0.1) is 11.3 Å². The molecule has 1 heterocycles. The third kappa shape index (κ3) is 3.88. The van der Waals surface area contributed by atoms with Gasteiger partial charge in [0.25, 0.3) is 0 Å². The van der Waals surface area contributed by atoms with Crippen LogP contribution in [0.4, 0.5) is 16.5 Å². The molecule has 0 spiro atoms. The number of hydrogen-bond donors (Lipinski definition) is 2. The van der Waals surface area contributed by atoms with Gasteiger partial charge in [0.05, 0.1) is 5.69 Å². The number of nitrogens with one attached hydrogen (secondary N) is 2. The normalized spacial score (nSPS) is 13.5. The first-order chi connectivity index (χ1) is 12.2. The molecule has 4 nitrogen and oxygen atoms in total. The summed E-state index contributed by atoms with van der Waals surface area (Å²) in [6.07, 6.45) is 2.03. The second-order valence-electron chi connectivity index (χ2n) is 6.37. The number of rotatable bonds is 5. The fourth-order valence-corrected chi connectivity index (χ4v) is 3.36. The Kier molecular flexibility index (Phi) is 4.24. The number of anilines is 3. The van der Waals surface area contributed by atoms with Gasteiger partial charge >= 0.3 is 0 Å². The highest BCUT2D eigenvalue weighted by Crippen LogP contribution is 2.31. The standard InChI is InChI=1S/C20H19N3OS/c1-13-3-2-4-17(11-13)22-20-23-18(12-25-20)14-7-9-16(10-8-14)21-19(24)15-5-6-15/h2-4,7-12,15H,5-6H2,1H3,(H,21,24)(H,22,23). The highest BCUT2D eigenvalue weighted by atomic mass is 32.1. The van der Waals surface area contributed by atoms with Gasteiger partial charge in [0, 0.05) is 28.2 Å². The van der Waals surface area contributed by atoms with E-state index in [-0.39, 0.29) is 11.8 Å². The van der Waals surface area contributed by atoms with E-state index in [1.54, 1.807) is 11.3 Å². The van der Waals surface area contributed by atoms with Crippen molar-refractivity contribution in [1.82, 2.24) is 4.98 Å². The Morgan fingerprint density at radius 1 is 1.12 bits per heavy atom. The van der Waals surface area contributed by atoms with E-state index in [2.05, 4.69) is 34.7 Å². The predicted molar refractivity (Wildman–Crippen MR) is 103 cm³/mol. The molecule has 1 fully saturated rings. The van der Waals surface area contributed by atoms with Crippen molar-refractivity contribution in [2.24, 2.45) is 5.92 Å². The summed E-state index contributed by atoms with van der Waals surface area (Å²) in [7, 11) is 0. The summed E-state index contributed by atoms with van der Waals surface area (Å²) >= 11 is 1.58. The summed E-state index contributed by atoms with van der Waals surface area (Å²) in [5.41, 5.74) is 5.07. The van der Waals surface area contributed by atoms with Crippen LogP contribution < -0.4 is 10.6 Å². The number of hydrogen-bond acceptors (Lipinski definition) is 4. The molecule has 0 bridgehead atoms. The molecular formula is C20H19N3OS. The molecule has 0 atom stereocenters. The van der Waals surface area contributed by atoms with E-state index in [0.717, 1.165) is 40.6 Å². The fourth-order valence-electron chi connectivity index (χ4n) is 2.62. The van der Waals surface area contributed by atoms with Crippen LogP contribution in [0.2, 0.25) is 0 Å². The first-order valence-electron chi connectivity index (χ1n) is 8.38. The molecule has 5 heteroatoms. The highest BCUT2D eigenvalue weighted by Gasteiger charge is 2.29. The molecule has 4 rings (SSSR count). The van der Waals surface area contributed by atoms with Crippen molar-refractivity contribution in [2.75, 3.05) is 10.6 Å². The van der Waals surface area contributed by atoms with Gasteiger partial charge in [0.1, 0.15) is 0 Å². The molecule has 126 valence electrons. The topological polar surface area (TPSA) is 54.0 Å². The molecular weight excluding hydrogens is 330 g/mol. The van der Waals surface area contributed by atoms with E-state index < -0.39 is 0 Å². The molecule has 1 aliphatic rings. The third-order valence-corrected chi connectivity index (χ3v) is 4.93. The Morgan fingerprint density at radius 2 is 1.92 bits per heavy atom. The maximum atomic E-state index is 11.8. The Balaban J connectivity index is 1.45. The second kappa shape index (κ2) is 6.69. The predicted octanol–water partition coefficient (Wildman–Crippen LogP) is 5.21. The number of benzene rings is 2. The van der Waals surface area contributed by atoms with Gasteiger partial charge in [-0.25, -0.2) is 4.98 Å². The molecule has 2 aromatic carbocycles. The van der Waals surface area contributed by atoms with Crippen molar-refractivity contribution in [2.45, 2.75) is 19.8 Å². The Hall–Kier alpha value is -2.66. The van der Waals surface area contributed by atoms with Crippen molar-refractivity contribution in [3.8, 4) is 11.3 Å². The van der Waals surface area contributed by atoms with Crippen LogP contribution in [-0.4, -0.2) is 10.9 Å². The van der Waals surface area contributed by atoms with Gasteiger partial charge in [-0.3, -0.25) is 4.79 Å². The largest absolute Gasteiger partial charge is 0.332 e. The lowest BCUT2D eigenvalue weighted by Gasteiger charge is -2.05. The zero-order valence-corrected chi connectivity index (χ0v) is 14.8. The zero-order valence-electron chi connectivity index (χ0n) is 14.0. The Bertz CT molecular complexity index is 897.